The van der Waals surface area contributed by atoms with Gasteiger partial charge in [0, 0.05) is 76.3 Å². The summed E-state index contributed by atoms with van der Waals surface area (Å²) in [5, 5.41) is 2.50. The maximum atomic E-state index is 13.9. The number of nitrogens with one attached hydrogen (secondary N) is 1. The van der Waals surface area contributed by atoms with E-state index in [1.54, 1.807) is 17.8 Å². The zero-order chi connectivity index (χ0) is 30.8. The Morgan fingerprint density at radius 2 is 1.70 bits per heavy atom. The van der Waals surface area contributed by atoms with Gasteiger partial charge in [-0.3, -0.25) is 14.4 Å². The quantitative estimate of drug-likeness (QED) is 0.502. The molecule has 2 aromatic carbocycles. The summed E-state index contributed by atoms with van der Waals surface area (Å²) in [6.07, 6.45) is 2.37. The van der Waals surface area contributed by atoms with Crippen LogP contribution in [0.25, 0.3) is 0 Å². The van der Waals surface area contributed by atoms with E-state index in [0.29, 0.717) is 56.3 Å². The standard InChI is InChI=1S/C34H45N5O4S/c1-24(2)12-15-39-32(42)29(44-33(39)25-8-4-6-10-27(25)37-20-18-36(3)19-21-37)22-30(40)38-16-13-34(14-17-38)23-35-31(41)26-9-5-7-11-28(26)43-34/h4-11,24,29,33H,12-23H2,1-3H3,(H,35,41). The summed E-state index contributed by atoms with van der Waals surface area (Å²) in [6, 6.07) is 15.8. The molecule has 9 nitrogen and oxygen atoms in total. The number of hydrogen-bond acceptors (Lipinski definition) is 7. The molecule has 4 aliphatic rings. The minimum absolute atomic E-state index is 0.0144. The average Bonchev–Trinajstić information content (AvgIpc) is 3.26. The van der Waals surface area contributed by atoms with E-state index in [0.717, 1.165) is 32.6 Å². The van der Waals surface area contributed by atoms with Crippen LogP contribution in [0.4, 0.5) is 5.69 Å². The van der Waals surface area contributed by atoms with Crippen molar-refractivity contribution < 1.29 is 19.1 Å². The van der Waals surface area contributed by atoms with Gasteiger partial charge in [-0.1, -0.05) is 44.2 Å². The number of amides is 3. The van der Waals surface area contributed by atoms with Gasteiger partial charge >= 0.3 is 0 Å². The number of likely N-dealkylation sites (tertiary alicyclic amines) is 1. The largest absolute Gasteiger partial charge is 0.484 e. The molecule has 1 spiro atoms. The molecule has 2 unspecified atom stereocenters. The lowest BCUT2D eigenvalue weighted by molar-refractivity contribution is -0.138. The molecule has 4 heterocycles. The third kappa shape index (κ3) is 6.42. The third-order valence-electron chi connectivity index (χ3n) is 9.55. The lowest BCUT2D eigenvalue weighted by Gasteiger charge is -2.41. The second-order valence-corrected chi connectivity index (χ2v) is 14.4. The molecule has 3 amide bonds. The van der Waals surface area contributed by atoms with Crippen LogP contribution >= 0.6 is 11.8 Å². The smallest absolute Gasteiger partial charge is 0.255 e. The van der Waals surface area contributed by atoms with Crippen LogP contribution in [-0.2, 0) is 9.59 Å². The summed E-state index contributed by atoms with van der Waals surface area (Å²) in [5.41, 5.74) is 2.38. The third-order valence-corrected chi connectivity index (χ3v) is 11.0. The van der Waals surface area contributed by atoms with Gasteiger partial charge in [-0.05, 0) is 37.6 Å². The molecular weight excluding hydrogens is 574 g/mol. The predicted molar refractivity (Wildman–Crippen MR) is 174 cm³/mol. The Morgan fingerprint density at radius 1 is 1.00 bits per heavy atom. The van der Waals surface area contributed by atoms with Crippen LogP contribution in [0.15, 0.2) is 48.5 Å². The van der Waals surface area contributed by atoms with Crippen molar-refractivity contribution in [2.45, 2.75) is 55.8 Å². The molecule has 4 aliphatic heterocycles. The lowest BCUT2D eigenvalue weighted by atomic mass is 9.90. The number of nitrogens with zero attached hydrogens (tertiary/aromatic N) is 4. The molecule has 3 fully saturated rings. The Kier molecular flexibility index (Phi) is 9.10. The topological polar surface area (TPSA) is 85.4 Å². The molecule has 6 rings (SSSR count). The summed E-state index contributed by atoms with van der Waals surface area (Å²) in [7, 11) is 2.16. The fourth-order valence-corrected chi connectivity index (χ4v) is 8.20. The zero-order valence-electron chi connectivity index (χ0n) is 26.2. The van der Waals surface area contributed by atoms with Crippen LogP contribution in [0.2, 0.25) is 0 Å². The number of piperazine rings is 1. The Morgan fingerprint density at radius 3 is 2.45 bits per heavy atom. The van der Waals surface area contributed by atoms with E-state index in [4.69, 9.17) is 4.74 Å². The van der Waals surface area contributed by atoms with Gasteiger partial charge in [0.25, 0.3) is 5.91 Å². The second-order valence-electron chi connectivity index (χ2n) is 13.1. The summed E-state index contributed by atoms with van der Waals surface area (Å²) in [6.45, 7) is 10.5. The highest BCUT2D eigenvalue weighted by Crippen LogP contribution is 2.47. The monoisotopic (exact) mass is 619 g/mol. The first-order valence-corrected chi connectivity index (χ1v) is 17.0. The predicted octanol–water partition coefficient (Wildman–Crippen LogP) is 4.00. The SMILES string of the molecule is CC(C)CCN1C(=O)C(CC(=O)N2CCC3(CC2)CNC(=O)c2ccccc2O3)SC1c1ccccc1N1CCN(C)CC1. The van der Waals surface area contributed by atoms with E-state index in [-0.39, 0.29) is 29.5 Å². The lowest BCUT2D eigenvalue weighted by Crippen LogP contribution is -2.54. The van der Waals surface area contributed by atoms with Crippen molar-refractivity contribution in [2.24, 2.45) is 5.92 Å². The molecule has 0 aromatic heterocycles. The van der Waals surface area contributed by atoms with Crippen molar-refractivity contribution in [2.75, 3.05) is 64.3 Å². The summed E-state index contributed by atoms with van der Waals surface area (Å²) in [5.74, 6) is 1.03. The molecule has 10 heteroatoms. The van der Waals surface area contributed by atoms with Gasteiger partial charge in [-0.15, -0.1) is 11.8 Å². The fraction of sp³-hybridized carbons (Fsp3) is 0.559. The minimum Gasteiger partial charge on any atom is -0.484 e. The molecule has 44 heavy (non-hydrogen) atoms. The number of benzene rings is 2. The number of rotatable bonds is 7. The Labute approximate surface area is 265 Å². The number of ether oxygens (including phenoxy) is 1. The van der Waals surface area contributed by atoms with E-state index in [1.807, 2.05) is 28.0 Å². The van der Waals surface area contributed by atoms with Crippen molar-refractivity contribution in [3.05, 3.63) is 59.7 Å². The van der Waals surface area contributed by atoms with E-state index in [2.05, 4.69) is 60.3 Å². The molecule has 236 valence electrons. The van der Waals surface area contributed by atoms with Gasteiger partial charge < -0.3 is 29.7 Å². The van der Waals surface area contributed by atoms with Gasteiger partial charge in [-0.2, -0.15) is 0 Å². The number of carbonyl (C=O) groups excluding carboxylic acids is 3. The van der Waals surface area contributed by atoms with Crippen LogP contribution in [0.3, 0.4) is 0 Å². The first-order valence-electron chi connectivity index (χ1n) is 16.1. The van der Waals surface area contributed by atoms with Gasteiger partial charge in [0.1, 0.15) is 16.7 Å². The number of anilines is 1. The van der Waals surface area contributed by atoms with E-state index < -0.39 is 10.9 Å². The molecule has 2 aromatic rings. The van der Waals surface area contributed by atoms with Gasteiger partial charge in [0.2, 0.25) is 11.8 Å². The number of carbonyl (C=O) groups is 3. The molecular formula is C34H45N5O4S. The Balaban J connectivity index is 1.14. The number of thioether (sulfide) groups is 1. The highest BCUT2D eigenvalue weighted by atomic mass is 32.2. The number of piperidine rings is 1. The van der Waals surface area contributed by atoms with E-state index in [9.17, 15) is 14.4 Å². The van der Waals surface area contributed by atoms with Crippen molar-refractivity contribution >= 4 is 35.2 Å². The highest BCUT2D eigenvalue weighted by molar-refractivity contribution is 8.01. The number of fused-ring (bicyclic) bond motifs is 1. The maximum absolute atomic E-state index is 13.9. The summed E-state index contributed by atoms with van der Waals surface area (Å²) < 4.78 is 6.43. The van der Waals surface area contributed by atoms with Crippen molar-refractivity contribution in [1.29, 1.82) is 0 Å². The van der Waals surface area contributed by atoms with E-state index in [1.165, 1.54) is 11.3 Å². The fourth-order valence-electron chi connectivity index (χ4n) is 6.70. The molecule has 2 atom stereocenters. The zero-order valence-corrected chi connectivity index (χ0v) is 27.0. The molecule has 0 radical (unpaired) electrons. The molecule has 0 aliphatic carbocycles. The van der Waals surface area contributed by atoms with Gasteiger partial charge in [-0.25, -0.2) is 0 Å². The van der Waals surface area contributed by atoms with Crippen molar-refractivity contribution in [1.82, 2.24) is 20.0 Å². The van der Waals surface area contributed by atoms with Gasteiger partial charge in [0.05, 0.1) is 17.4 Å². The normalized spacial score (nSPS) is 23.9. The molecule has 1 N–H and O–H groups in total. The van der Waals surface area contributed by atoms with Gasteiger partial charge in [0.15, 0.2) is 0 Å². The van der Waals surface area contributed by atoms with E-state index >= 15 is 0 Å². The first kappa shape index (κ1) is 30.8. The minimum atomic E-state index is -0.539. The number of para-hydroxylation sites is 2. The molecule has 0 bridgehead atoms. The summed E-state index contributed by atoms with van der Waals surface area (Å²) >= 11 is 1.64. The second kappa shape index (κ2) is 13.0. The van der Waals surface area contributed by atoms with Crippen LogP contribution in [0, 0.1) is 5.92 Å². The van der Waals surface area contributed by atoms with Crippen molar-refractivity contribution in [3.8, 4) is 5.75 Å². The van der Waals surface area contributed by atoms with Crippen LogP contribution in [-0.4, -0.2) is 103 Å². The van der Waals surface area contributed by atoms with Crippen molar-refractivity contribution in [3.63, 3.8) is 0 Å². The Hall–Kier alpha value is -3.24. The Bertz CT molecular complexity index is 1370. The van der Waals surface area contributed by atoms with Crippen LogP contribution in [0.1, 0.15) is 60.8 Å². The average molecular weight is 620 g/mol. The number of hydrogen-bond donors (Lipinski definition) is 1. The number of likely N-dealkylation sites (N-methyl/N-ethyl adjacent to an activating group) is 1. The summed E-state index contributed by atoms with van der Waals surface area (Å²) in [4.78, 5) is 48.9. The molecule has 3 saturated heterocycles. The maximum Gasteiger partial charge on any atom is 0.255 e. The first-order chi connectivity index (χ1) is 21.2. The van der Waals surface area contributed by atoms with Crippen LogP contribution < -0.4 is 15.0 Å². The molecule has 0 saturated carbocycles. The highest BCUT2D eigenvalue weighted by Gasteiger charge is 2.45. The van der Waals surface area contributed by atoms with Crippen LogP contribution in [0.5, 0.6) is 5.75 Å².